The normalized spacial score (nSPS) is 21.7. The van der Waals surface area contributed by atoms with E-state index in [0.717, 1.165) is 30.8 Å². The summed E-state index contributed by atoms with van der Waals surface area (Å²) in [5, 5.41) is 0. The van der Waals surface area contributed by atoms with Gasteiger partial charge in [0.25, 0.3) is 5.91 Å². The van der Waals surface area contributed by atoms with E-state index < -0.39 is 0 Å². The van der Waals surface area contributed by atoms with Crippen molar-refractivity contribution < 1.29 is 9.53 Å². The van der Waals surface area contributed by atoms with Gasteiger partial charge in [0.2, 0.25) is 0 Å². The van der Waals surface area contributed by atoms with Crippen molar-refractivity contribution in [2.45, 2.75) is 23.9 Å². The van der Waals surface area contributed by atoms with Crippen LogP contribution in [0.2, 0.25) is 0 Å². The number of aromatic nitrogens is 3. The lowest BCUT2D eigenvalue weighted by atomic mass is 9.92. The highest BCUT2D eigenvalue weighted by Gasteiger charge is 2.51. The van der Waals surface area contributed by atoms with Crippen molar-refractivity contribution in [3.05, 3.63) is 54.4 Å². The van der Waals surface area contributed by atoms with Crippen molar-refractivity contribution in [2.24, 2.45) is 0 Å². The molecule has 0 saturated carbocycles. The first-order valence-electron chi connectivity index (χ1n) is 7.94. The topological polar surface area (TPSA) is 68.2 Å². The SMILES string of the molecule is O=C(c1ccncn1)N1CC2(CC(OCc3cccnc3)CS2)C1. The number of amides is 1. The number of hydrogen-bond donors (Lipinski definition) is 0. The molecule has 0 N–H and O–H groups in total. The van der Waals surface area contributed by atoms with E-state index in [1.807, 2.05) is 35.0 Å². The minimum atomic E-state index is -0.0108. The minimum Gasteiger partial charge on any atom is -0.373 e. The van der Waals surface area contributed by atoms with Crippen LogP contribution >= 0.6 is 11.8 Å². The molecule has 2 aliphatic heterocycles. The molecule has 1 spiro atoms. The Balaban J connectivity index is 1.28. The van der Waals surface area contributed by atoms with Crippen LogP contribution < -0.4 is 0 Å². The Kier molecular flexibility index (Phi) is 4.20. The number of ether oxygens (including phenoxy) is 1. The average Bonchev–Trinajstić information content (AvgIpc) is 3.04. The predicted molar refractivity (Wildman–Crippen MR) is 90.6 cm³/mol. The zero-order chi connectivity index (χ0) is 16.4. The van der Waals surface area contributed by atoms with Gasteiger partial charge in [0, 0.05) is 37.4 Å². The number of pyridine rings is 1. The first-order valence-corrected chi connectivity index (χ1v) is 8.92. The van der Waals surface area contributed by atoms with Crippen LogP contribution in [0.3, 0.4) is 0 Å². The van der Waals surface area contributed by atoms with E-state index in [9.17, 15) is 4.79 Å². The Morgan fingerprint density at radius 3 is 3.00 bits per heavy atom. The van der Waals surface area contributed by atoms with Gasteiger partial charge in [0.05, 0.1) is 17.5 Å². The lowest BCUT2D eigenvalue weighted by Gasteiger charge is -2.47. The fourth-order valence-electron chi connectivity index (χ4n) is 3.20. The molecular weight excluding hydrogens is 324 g/mol. The molecule has 0 aliphatic carbocycles. The van der Waals surface area contributed by atoms with Gasteiger partial charge >= 0.3 is 0 Å². The van der Waals surface area contributed by atoms with Crippen molar-refractivity contribution in [3.8, 4) is 0 Å². The van der Waals surface area contributed by atoms with Gasteiger partial charge in [-0.3, -0.25) is 9.78 Å². The number of thioether (sulfide) groups is 1. The van der Waals surface area contributed by atoms with E-state index >= 15 is 0 Å². The van der Waals surface area contributed by atoms with Gasteiger partial charge in [-0.25, -0.2) is 9.97 Å². The maximum Gasteiger partial charge on any atom is 0.272 e. The molecule has 4 rings (SSSR count). The first-order chi connectivity index (χ1) is 11.7. The summed E-state index contributed by atoms with van der Waals surface area (Å²) in [5.41, 5.74) is 1.56. The van der Waals surface area contributed by atoms with E-state index in [1.54, 1.807) is 18.5 Å². The third-order valence-electron chi connectivity index (χ3n) is 4.43. The number of carbonyl (C=O) groups is 1. The zero-order valence-electron chi connectivity index (χ0n) is 13.2. The van der Waals surface area contributed by atoms with Crippen LogP contribution in [-0.2, 0) is 11.3 Å². The molecule has 124 valence electrons. The third-order valence-corrected chi connectivity index (χ3v) is 6.01. The Hall–Kier alpha value is -1.99. The molecule has 2 aromatic rings. The fourth-order valence-corrected chi connectivity index (χ4v) is 4.75. The summed E-state index contributed by atoms with van der Waals surface area (Å²) in [6, 6.07) is 5.61. The first kappa shape index (κ1) is 15.5. The molecule has 2 aliphatic rings. The van der Waals surface area contributed by atoms with Gasteiger partial charge in [0.1, 0.15) is 12.0 Å². The number of carbonyl (C=O) groups excluding carboxylic acids is 1. The van der Waals surface area contributed by atoms with Gasteiger partial charge in [0.15, 0.2) is 0 Å². The molecular formula is C17H18N4O2S. The summed E-state index contributed by atoms with van der Waals surface area (Å²) in [5.74, 6) is 0.971. The maximum absolute atomic E-state index is 12.3. The monoisotopic (exact) mass is 342 g/mol. The van der Waals surface area contributed by atoms with Crippen LogP contribution in [0.4, 0.5) is 0 Å². The standard InChI is InChI=1S/C17H18N4O2S/c22-16(15-3-5-19-12-20-15)21-10-17(11-21)6-14(9-24-17)23-8-13-2-1-4-18-7-13/h1-5,7,12,14H,6,8-11H2. The van der Waals surface area contributed by atoms with Crippen molar-refractivity contribution in [1.82, 2.24) is 19.9 Å². The Labute approximate surface area is 144 Å². The van der Waals surface area contributed by atoms with E-state index in [2.05, 4.69) is 15.0 Å². The largest absolute Gasteiger partial charge is 0.373 e. The highest BCUT2D eigenvalue weighted by molar-refractivity contribution is 8.01. The van der Waals surface area contributed by atoms with Crippen LogP contribution in [0.5, 0.6) is 0 Å². The molecule has 0 radical (unpaired) electrons. The molecule has 6 nitrogen and oxygen atoms in total. The highest BCUT2D eigenvalue weighted by atomic mass is 32.2. The van der Waals surface area contributed by atoms with E-state index in [0.29, 0.717) is 12.3 Å². The third kappa shape index (κ3) is 3.14. The maximum atomic E-state index is 12.3. The smallest absolute Gasteiger partial charge is 0.272 e. The van der Waals surface area contributed by atoms with Gasteiger partial charge in [-0.05, 0) is 24.1 Å². The molecule has 1 atom stereocenters. The van der Waals surface area contributed by atoms with Crippen LogP contribution in [0.1, 0.15) is 22.5 Å². The quantitative estimate of drug-likeness (QED) is 0.844. The minimum absolute atomic E-state index is 0.0108. The van der Waals surface area contributed by atoms with Crippen LogP contribution in [0, 0.1) is 0 Å². The Morgan fingerprint density at radius 1 is 1.33 bits per heavy atom. The molecule has 1 unspecified atom stereocenters. The van der Waals surface area contributed by atoms with Crippen LogP contribution in [0.25, 0.3) is 0 Å². The Morgan fingerprint density at radius 2 is 2.25 bits per heavy atom. The molecule has 4 heterocycles. The second kappa shape index (κ2) is 6.49. The molecule has 1 amide bonds. The molecule has 24 heavy (non-hydrogen) atoms. The highest BCUT2D eigenvalue weighted by Crippen LogP contribution is 2.46. The second-order valence-corrected chi connectivity index (χ2v) is 7.74. The summed E-state index contributed by atoms with van der Waals surface area (Å²) < 4.78 is 6.17. The van der Waals surface area contributed by atoms with E-state index in [-0.39, 0.29) is 16.8 Å². The van der Waals surface area contributed by atoms with Crippen LogP contribution in [0.15, 0.2) is 43.1 Å². The van der Waals surface area contributed by atoms with Crippen molar-refractivity contribution in [2.75, 3.05) is 18.8 Å². The molecule has 2 saturated heterocycles. The predicted octanol–water partition coefficient (Wildman–Crippen LogP) is 1.79. The van der Waals surface area contributed by atoms with Crippen molar-refractivity contribution in [3.63, 3.8) is 0 Å². The number of hydrogen-bond acceptors (Lipinski definition) is 6. The van der Waals surface area contributed by atoms with Gasteiger partial charge in [-0.15, -0.1) is 11.8 Å². The van der Waals surface area contributed by atoms with E-state index in [1.165, 1.54) is 6.33 Å². The second-order valence-electron chi connectivity index (χ2n) is 6.25. The Bertz CT molecular complexity index is 707. The summed E-state index contributed by atoms with van der Waals surface area (Å²) >= 11 is 1.92. The van der Waals surface area contributed by atoms with Gasteiger partial charge in [-0.1, -0.05) is 6.07 Å². The summed E-state index contributed by atoms with van der Waals surface area (Å²) in [4.78, 5) is 26.2. The van der Waals surface area contributed by atoms with E-state index in [4.69, 9.17) is 4.74 Å². The average molecular weight is 342 g/mol. The molecule has 2 fully saturated rings. The lowest BCUT2D eigenvalue weighted by molar-refractivity contribution is 0.0252. The fraction of sp³-hybridized carbons (Fsp3) is 0.412. The van der Waals surface area contributed by atoms with Crippen molar-refractivity contribution >= 4 is 17.7 Å². The zero-order valence-corrected chi connectivity index (χ0v) is 14.0. The number of nitrogens with zero attached hydrogens (tertiary/aromatic N) is 4. The number of rotatable bonds is 4. The summed E-state index contributed by atoms with van der Waals surface area (Å²) in [6.07, 6.45) is 7.85. The summed E-state index contributed by atoms with van der Waals surface area (Å²) in [6.45, 7) is 2.14. The molecule has 0 aromatic carbocycles. The summed E-state index contributed by atoms with van der Waals surface area (Å²) in [7, 11) is 0. The van der Waals surface area contributed by atoms with Gasteiger partial charge < -0.3 is 9.64 Å². The molecule has 7 heteroatoms. The van der Waals surface area contributed by atoms with Gasteiger partial charge in [-0.2, -0.15) is 0 Å². The lowest BCUT2D eigenvalue weighted by Crippen LogP contribution is -2.60. The molecule has 0 bridgehead atoms. The van der Waals surface area contributed by atoms with Crippen LogP contribution in [-0.4, -0.2) is 55.5 Å². The number of likely N-dealkylation sites (tertiary alicyclic amines) is 1. The molecule has 2 aromatic heterocycles. The van der Waals surface area contributed by atoms with Crippen molar-refractivity contribution in [1.29, 1.82) is 0 Å².